The van der Waals surface area contributed by atoms with E-state index in [1.807, 2.05) is 6.92 Å². The quantitative estimate of drug-likeness (QED) is 0.336. The van der Waals surface area contributed by atoms with E-state index in [0.717, 1.165) is 4.57 Å². The molecule has 1 heterocycles. The number of rotatable bonds is 10. The van der Waals surface area contributed by atoms with Crippen molar-refractivity contribution in [1.82, 2.24) is 20.2 Å². The minimum absolute atomic E-state index is 0.0222. The highest BCUT2D eigenvalue weighted by molar-refractivity contribution is 5.91. The molecule has 0 saturated heterocycles. The van der Waals surface area contributed by atoms with Gasteiger partial charge in [-0.25, -0.2) is 9.36 Å². The number of carboxylic acids is 1. The number of carboxylic acid groups (broad SMARTS) is 1. The third-order valence-electron chi connectivity index (χ3n) is 6.25. The summed E-state index contributed by atoms with van der Waals surface area (Å²) in [6.45, 7) is 4.90. The molecule has 0 bridgehead atoms. The van der Waals surface area contributed by atoms with Crippen LogP contribution in [0.4, 0.5) is 0 Å². The Morgan fingerprint density at radius 3 is 2.22 bits per heavy atom. The number of aromatic amines is 1. The zero-order chi connectivity index (χ0) is 26.4. The van der Waals surface area contributed by atoms with Crippen LogP contribution in [0.15, 0.2) is 64.2 Å². The molecule has 0 aliphatic heterocycles. The maximum absolute atomic E-state index is 13.6. The predicted octanol–water partition coefficient (Wildman–Crippen LogP) is 1.59. The van der Waals surface area contributed by atoms with Crippen molar-refractivity contribution in [2.45, 2.75) is 51.7 Å². The number of para-hydroxylation sites is 1. The topological polar surface area (TPSA) is 150 Å². The Hall–Kier alpha value is -4.21. The summed E-state index contributed by atoms with van der Waals surface area (Å²) < 4.78 is 0.871. The first kappa shape index (κ1) is 26.4. The van der Waals surface area contributed by atoms with Gasteiger partial charge in [0.2, 0.25) is 11.8 Å². The molecule has 1 aromatic heterocycles. The van der Waals surface area contributed by atoms with Crippen molar-refractivity contribution < 1.29 is 19.5 Å². The molecule has 36 heavy (non-hydrogen) atoms. The van der Waals surface area contributed by atoms with Gasteiger partial charge in [-0.2, -0.15) is 0 Å². The minimum atomic E-state index is -1.26. The number of amides is 2. The number of fused-ring (bicyclic) bond motifs is 1. The smallest absolute Gasteiger partial charge is 0.329 e. The number of nitrogens with one attached hydrogen (secondary N) is 3. The summed E-state index contributed by atoms with van der Waals surface area (Å²) in [4.78, 5) is 66.7. The molecule has 2 aromatic carbocycles. The third-order valence-corrected chi connectivity index (χ3v) is 6.25. The molecule has 3 aromatic rings. The number of aliphatic carboxylic acids is 1. The average molecular weight is 495 g/mol. The van der Waals surface area contributed by atoms with E-state index in [1.54, 1.807) is 61.5 Å². The number of carbonyl (C=O) groups excluding carboxylic acids is 2. The number of aromatic nitrogens is 2. The first-order valence-electron chi connectivity index (χ1n) is 11.7. The Bertz CT molecular complexity index is 1360. The van der Waals surface area contributed by atoms with E-state index in [0.29, 0.717) is 17.5 Å². The van der Waals surface area contributed by atoms with Gasteiger partial charge in [0.25, 0.3) is 5.56 Å². The van der Waals surface area contributed by atoms with Gasteiger partial charge in [0, 0.05) is 6.42 Å². The van der Waals surface area contributed by atoms with Crippen LogP contribution in [-0.2, 0) is 20.8 Å². The highest BCUT2D eigenvalue weighted by Crippen LogP contribution is 2.16. The van der Waals surface area contributed by atoms with Gasteiger partial charge in [0.05, 0.1) is 10.9 Å². The average Bonchev–Trinajstić information content (AvgIpc) is 2.86. The van der Waals surface area contributed by atoms with Gasteiger partial charge in [0.1, 0.15) is 18.1 Å². The zero-order valence-electron chi connectivity index (χ0n) is 20.4. The normalized spacial score (nSPS) is 14.4. The van der Waals surface area contributed by atoms with E-state index in [2.05, 4.69) is 15.6 Å². The lowest BCUT2D eigenvalue weighted by Crippen LogP contribution is -2.56. The lowest BCUT2D eigenvalue weighted by Gasteiger charge is -2.27. The maximum atomic E-state index is 13.6. The second-order valence-corrected chi connectivity index (χ2v) is 8.80. The Labute approximate surface area is 207 Å². The molecule has 0 radical (unpaired) electrons. The Kier molecular flexibility index (Phi) is 8.42. The van der Waals surface area contributed by atoms with Crippen molar-refractivity contribution in [3.05, 3.63) is 81.0 Å². The molecule has 0 saturated carbocycles. The summed E-state index contributed by atoms with van der Waals surface area (Å²) in [6.07, 6.45) is 0.536. The summed E-state index contributed by atoms with van der Waals surface area (Å²) in [6, 6.07) is 11.9. The number of hydrogen-bond acceptors (Lipinski definition) is 5. The highest BCUT2D eigenvalue weighted by Gasteiger charge is 2.32. The number of H-pyrrole nitrogens is 1. The molecule has 10 heteroatoms. The Morgan fingerprint density at radius 2 is 1.58 bits per heavy atom. The van der Waals surface area contributed by atoms with Gasteiger partial charge >= 0.3 is 11.7 Å². The summed E-state index contributed by atoms with van der Waals surface area (Å²) in [7, 11) is 0. The van der Waals surface area contributed by atoms with Crippen molar-refractivity contribution in [3.8, 4) is 0 Å². The second kappa shape index (κ2) is 11.5. The molecular formula is C26H30N4O6. The van der Waals surface area contributed by atoms with Crippen LogP contribution in [0.2, 0.25) is 0 Å². The van der Waals surface area contributed by atoms with Crippen LogP contribution in [0.25, 0.3) is 10.9 Å². The van der Waals surface area contributed by atoms with Gasteiger partial charge in [0.15, 0.2) is 0 Å². The molecule has 0 unspecified atom stereocenters. The van der Waals surface area contributed by atoms with Gasteiger partial charge in [-0.3, -0.25) is 19.2 Å². The molecule has 190 valence electrons. The van der Waals surface area contributed by atoms with Gasteiger partial charge in [-0.05, 0) is 30.5 Å². The number of hydrogen-bond donors (Lipinski definition) is 4. The number of nitrogens with zero attached hydrogens (tertiary/aromatic N) is 1. The van der Waals surface area contributed by atoms with E-state index in [4.69, 9.17) is 5.11 Å². The molecule has 0 fully saturated rings. The van der Waals surface area contributed by atoms with E-state index >= 15 is 0 Å². The largest absolute Gasteiger partial charge is 0.480 e. The first-order valence-corrected chi connectivity index (χ1v) is 11.7. The van der Waals surface area contributed by atoms with Crippen molar-refractivity contribution in [2.24, 2.45) is 5.92 Å². The molecule has 0 aliphatic rings. The van der Waals surface area contributed by atoms with Crippen molar-refractivity contribution in [3.63, 3.8) is 0 Å². The molecule has 2 amide bonds. The molecule has 10 nitrogen and oxygen atoms in total. The fraction of sp³-hybridized carbons (Fsp3) is 0.346. The van der Waals surface area contributed by atoms with Gasteiger partial charge in [-0.1, -0.05) is 62.7 Å². The first-order chi connectivity index (χ1) is 17.1. The zero-order valence-corrected chi connectivity index (χ0v) is 20.4. The Morgan fingerprint density at radius 1 is 0.944 bits per heavy atom. The van der Waals surface area contributed by atoms with Crippen molar-refractivity contribution >= 4 is 28.7 Å². The molecule has 4 atom stereocenters. The fourth-order valence-corrected chi connectivity index (χ4v) is 3.91. The van der Waals surface area contributed by atoms with E-state index in [9.17, 15) is 24.0 Å². The second-order valence-electron chi connectivity index (χ2n) is 8.80. The van der Waals surface area contributed by atoms with Crippen LogP contribution in [0.1, 0.15) is 38.8 Å². The number of benzene rings is 2. The molecule has 3 rings (SSSR count). The fourth-order valence-electron chi connectivity index (χ4n) is 3.91. The summed E-state index contributed by atoms with van der Waals surface area (Å²) in [5.74, 6) is -2.93. The third kappa shape index (κ3) is 5.88. The van der Waals surface area contributed by atoms with Gasteiger partial charge in [-0.15, -0.1) is 0 Å². The van der Waals surface area contributed by atoms with Crippen molar-refractivity contribution in [2.75, 3.05) is 0 Å². The highest BCUT2D eigenvalue weighted by atomic mass is 16.4. The van der Waals surface area contributed by atoms with Crippen LogP contribution < -0.4 is 21.9 Å². The monoisotopic (exact) mass is 494 g/mol. The van der Waals surface area contributed by atoms with Crippen molar-refractivity contribution in [1.29, 1.82) is 0 Å². The van der Waals surface area contributed by atoms with E-state index in [-0.39, 0.29) is 17.7 Å². The van der Waals surface area contributed by atoms with Crippen LogP contribution in [0.5, 0.6) is 0 Å². The SMILES string of the molecule is CC[C@H](C)[C@H](NC(=O)[C@@H](Cc1ccccc1)n1c(=O)[nH]c2ccccc2c1=O)C(=O)N[C@@H](C)C(=O)O. The lowest BCUT2D eigenvalue weighted by molar-refractivity contribution is -0.142. The van der Waals surface area contributed by atoms with Gasteiger partial charge < -0.3 is 20.7 Å². The van der Waals surface area contributed by atoms with Crippen LogP contribution >= 0.6 is 0 Å². The van der Waals surface area contributed by atoms with E-state index in [1.165, 1.54) is 6.92 Å². The molecule has 0 aliphatic carbocycles. The molecule has 4 N–H and O–H groups in total. The summed E-state index contributed by atoms with van der Waals surface area (Å²) >= 11 is 0. The number of carbonyl (C=O) groups is 3. The predicted molar refractivity (Wildman–Crippen MR) is 135 cm³/mol. The van der Waals surface area contributed by atoms with E-state index < -0.39 is 47.2 Å². The Balaban J connectivity index is 2.05. The molecular weight excluding hydrogens is 464 g/mol. The molecule has 0 spiro atoms. The van der Waals surface area contributed by atoms with Crippen LogP contribution in [-0.4, -0.2) is 44.5 Å². The maximum Gasteiger partial charge on any atom is 0.329 e. The standard InChI is InChI=1S/C26H30N4O6/c1-4-15(2)21(23(32)27-16(3)25(34)35)29-22(31)20(14-17-10-6-5-7-11-17)30-24(33)18-12-8-9-13-19(18)28-26(30)36/h5-13,15-16,20-21H,4,14H2,1-3H3,(H,27,32)(H,28,36)(H,29,31)(H,34,35)/t15-,16-,20+,21-/m0/s1. The minimum Gasteiger partial charge on any atom is -0.480 e. The lowest BCUT2D eigenvalue weighted by atomic mass is 9.96. The summed E-state index contributed by atoms with van der Waals surface area (Å²) in [5, 5.41) is 14.5. The van der Waals surface area contributed by atoms with Crippen LogP contribution in [0.3, 0.4) is 0 Å². The summed E-state index contributed by atoms with van der Waals surface area (Å²) in [5.41, 5.74) is -0.323. The van der Waals surface area contributed by atoms with Crippen LogP contribution in [0, 0.1) is 5.92 Å².